The lowest BCUT2D eigenvalue weighted by molar-refractivity contribution is 0.416. The van der Waals surface area contributed by atoms with E-state index in [-0.39, 0.29) is 22.1 Å². The quantitative estimate of drug-likeness (QED) is 0.814. The topological polar surface area (TPSA) is 80.0 Å². The van der Waals surface area contributed by atoms with Gasteiger partial charge >= 0.3 is 0 Å². The number of rotatable bonds is 3. The molecule has 2 rings (SSSR count). The number of hydrogen-bond donors (Lipinski definition) is 0. The van der Waals surface area contributed by atoms with Crippen LogP contribution in [0, 0.1) is 17.1 Å². The molecule has 2 aromatic rings. The zero-order valence-corrected chi connectivity index (χ0v) is 11.3. The Morgan fingerprint density at radius 2 is 2.10 bits per heavy atom. The summed E-state index contributed by atoms with van der Waals surface area (Å²) in [5.41, 5.74) is 0.112. The van der Waals surface area contributed by atoms with E-state index in [1.807, 2.05) is 0 Å². The molecule has 8 heteroatoms. The molecule has 0 fully saturated rings. The van der Waals surface area contributed by atoms with E-state index in [4.69, 9.17) is 20.7 Å². The lowest BCUT2D eigenvalue weighted by atomic mass is 10.2. The fraction of sp³-hybridized carbons (Fsp3) is 0. The van der Waals surface area contributed by atoms with Crippen molar-refractivity contribution in [3.05, 3.63) is 47.9 Å². The molecule has 0 amide bonds. The van der Waals surface area contributed by atoms with Gasteiger partial charge < -0.3 is 4.74 Å². The van der Waals surface area contributed by atoms with E-state index in [1.54, 1.807) is 6.07 Å². The molecule has 0 saturated heterocycles. The molecule has 0 aliphatic heterocycles. The summed E-state index contributed by atoms with van der Waals surface area (Å²) in [6.45, 7) is 0. The van der Waals surface area contributed by atoms with Crippen molar-refractivity contribution in [1.82, 2.24) is 4.98 Å². The third-order valence-corrected chi connectivity index (χ3v) is 3.60. The van der Waals surface area contributed by atoms with Gasteiger partial charge in [0.05, 0.1) is 11.6 Å². The second-order valence-electron chi connectivity index (χ2n) is 3.60. The van der Waals surface area contributed by atoms with Gasteiger partial charge in [-0.15, -0.1) is 0 Å². The number of hydrogen-bond acceptors (Lipinski definition) is 5. The highest BCUT2D eigenvalue weighted by Crippen LogP contribution is 2.30. The zero-order chi connectivity index (χ0) is 14.8. The molecular weight excluding hydrogens is 307 g/mol. The Morgan fingerprint density at radius 3 is 2.70 bits per heavy atom. The largest absolute Gasteiger partial charge is 0.435 e. The fourth-order valence-corrected chi connectivity index (χ4v) is 2.29. The molecule has 1 heterocycles. The van der Waals surface area contributed by atoms with Crippen LogP contribution in [0.1, 0.15) is 5.56 Å². The van der Waals surface area contributed by atoms with Crippen molar-refractivity contribution in [1.29, 1.82) is 5.26 Å². The Kier molecular flexibility index (Phi) is 3.88. The van der Waals surface area contributed by atoms with Crippen LogP contribution in [-0.2, 0) is 9.05 Å². The number of aromatic nitrogens is 1. The van der Waals surface area contributed by atoms with Crippen molar-refractivity contribution < 1.29 is 17.5 Å². The molecule has 0 spiro atoms. The van der Waals surface area contributed by atoms with Crippen molar-refractivity contribution in [2.75, 3.05) is 0 Å². The smallest absolute Gasteiger partial charge is 0.266 e. The third kappa shape index (κ3) is 3.04. The van der Waals surface area contributed by atoms with Crippen molar-refractivity contribution >= 4 is 19.7 Å². The van der Waals surface area contributed by atoms with Gasteiger partial charge in [-0.2, -0.15) is 5.26 Å². The monoisotopic (exact) mass is 312 g/mol. The number of pyridine rings is 1. The Labute approximate surface area is 118 Å². The van der Waals surface area contributed by atoms with Crippen LogP contribution in [-0.4, -0.2) is 13.4 Å². The molecular formula is C12H6ClFN2O3S. The fourth-order valence-electron chi connectivity index (χ4n) is 1.40. The number of ether oxygens (including phenoxy) is 1. The molecule has 102 valence electrons. The lowest BCUT2D eigenvalue weighted by Crippen LogP contribution is -1.99. The summed E-state index contributed by atoms with van der Waals surface area (Å²) < 4.78 is 41.4. The summed E-state index contributed by atoms with van der Waals surface area (Å²) in [6, 6.07) is 7.81. The van der Waals surface area contributed by atoms with Gasteiger partial charge in [-0.25, -0.2) is 17.8 Å². The Balaban J connectivity index is 2.44. The van der Waals surface area contributed by atoms with Crippen molar-refractivity contribution in [2.24, 2.45) is 0 Å². The van der Waals surface area contributed by atoms with E-state index in [1.165, 1.54) is 30.5 Å². The van der Waals surface area contributed by atoms with Crippen LogP contribution in [0.25, 0.3) is 0 Å². The van der Waals surface area contributed by atoms with Gasteiger partial charge in [0.2, 0.25) is 5.88 Å². The average molecular weight is 313 g/mol. The molecule has 0 bridgehead atoms. The number of halogens is 2. The molecule has 0 radical (unpaired) electrons. The molecule has 1 aromatic heterocycles. The van der Waals surface area contributed by atoms with Gasteiger partial charge in [-0.05, 0) is 30.3 Å². The average Bonchev–Trinajstić information content (AvgIpc) is 2.40. The van der Waals surface area contributed by atoms with Crippen LogP contribution in [0.4, 0.5) is 4.39 Å². The molecule has 0 unspecified atom stereocenters. The van der Waals surface area contributed by atoms with Crippen LogP contribution in [0.3, 0.4) is 0 Å². The summed E-state index contributed by atoms with van der Waals surface area (Å²) in [6.07, 6.45) is 1.28. The Hall–Kier alpha value is -2.17. The molecule has 0 saturated carbocycles. The zero-order valence-electron chi connectivity index (χ0n) is 9.75. The van der Waals surface area contributed by atoms with Gasteiger partial charge in [0, 0.05) is 16.9 Å². The van der Waals surface area contributed by atoms with Gasteiger partial charge in [-0.3, -0.25) is 0 Å². The van der Waals surface area contributed by atoms with E-state index in [2.05, 4.69) is 4.98 Å². The van der Waals surface area contributed by atoms with E-state index in [0.717, 1.165) is 6.07 Å². The van der Waals surface area contributed by atoms with Crippen LogP contribution in [0.2, 0.25) is 0 Å². The number of nitriles is 1. The Bertz CT molecular complexity index is 803. The summed E-state index contributed by atoms with van der Waals surface area (Å²) in [5, 5.41) is 8.63. The van der Waals surface area contributed by atoms with E-state index in [0.29, 0.717) is 0 Å². The minimum absolute atomic E-state index is 0.112. The lowest BCUT2D eigenvalue weighted by Gasteiger charge is -2.08. The summed E-state index contributed by atoms with van der Waals surface area (Å²) in [5.74, 6) is -1.41. The second-order valence-corrected chi connectivity index (χ2v) is 6.14. The molecule has 5 nitrogen and oxygen atoms in total. The first kappa shape index (κ1) is 14.2. The predicted molar refractivity (Wildman–Crippen MR) is 68.5 cm³/mol. The van der Waals surface area contributed by atoms with Gasteiger partial charge in [0.25, 0.3) is 9.05 Å². The van der Waals surface area contributed by atoms with E-state index < -0.39 is 14.9 Å². The molecule has 0 aliphatic carbocycles. The standard InChI is InChI=1S/C12H6ClFN2O3S/c13-20(17,18)11-2-1-5-16-12(11)19-10-4-3-8(7-15)6-9(10)14/h1-6H. The van der Waals surface area contributed by atoms with Gasteiger partial charge in [0.1, 0.15) is 4.90 Å². The number of benzene rings is 1. The summed E-state index contributed by atoms with van der Waals surface area (Å²) >= 11 is 0. The van der Waals surface area contributed by atoms with Crippen molar-refractivity contribution in [3.63, 3.8) is 0 Å². The van der Waals surface area contributed by atoms with E-state index in [9.17, 15) is 12.8 Å². The number of nitrogens with zero attached hydrogens (tertiary/aromatic N) is 2. The maximum absolute atomic E-state index is 13.7. The minimum atomic E-state index is -4.07. The highest BCUT2D eigenvalue weighted by atomic mass is 35.7. The maximum atomic E-state index is 13.7. The van der Waals surface area contributed by atoms with Crippen LogP contribution in [0.15, 0.2) is 41.4 Å². The van der Waals surface area contributed by atoms with Crippen molar-refractivity contribution in [2.45, 2.75) is 4.90 Å². The molecule has 0 atom stereocenters. The highest BCUT2D eigenvalue weighted by molar-refractivity contribution is 8.13. The first-order valence-electron chi connectivity index (χ1n) is 5.19. The third-order valence-electron chi connectivity index (χ3n) is 2.27. The molecule has 20 heavy (non-hydrogen) atoms. The van der Waals surface area contributed by atoms with Gasteiger partial charge in [0.15, 0.2) is 11.6 Å². The van der Waals surface area contributed by atoms with Crippen LogP contribution in [0.5, 0.6) is 11.6 Å². The molecule has 0 N–H and O–H groups in total. The maximum Gasteiger partial charge on any atom is 0.266 e. The van der Waals surface area contributed by atoms with Crippen molar-refractivity contribution in [3.8, 4) is 17.7 Å². The normalized spacial score (nSPS) is 10.8. The van der Waals surface area contributed by atoms with Gasteiger partial charge in [-0.1, -0.05) is 0 Å². The van der Waals surface area contributed by atoms with Crippen LogP contribution < -0.4 is 4.74 Å². The Morgan fingerprint density at radius 1 is 1.35 bits per heavy atom. The molecule has 1 aromatic carbocycles. The summed E-state index contributed by atoms with van der Waals surface area (Å²) in [4.78, 5) is 3.34. The molecule has 0 aliphatic rings. The highest BCUT2D eigenvalue weighted by Gasteiger charge is 2.19. The first-order chi connectivity index (χ1) is 9.41. The first-order valence-corrected chi connectivity index (χ1v) is 7.50. The van der Waals surface area contributed by atoms with E-state index >= 15 is 0 Å². The SMILES string of the molecule is N#Cc1ccc(Oc2ncccc2S(=O)(=O)Cl)c(F)c1. The summed E-state index contributed by atoms with van der Waals surface area (Å²) in [7, 11) is 1.16. The second kappa shape index (κ2) is 5.45. The van der Waals surface area contributed by atoms with Crippen LogP contribution >= 0.6 is 10.7 Å². The predicted octanol–water partition coefficient (Wildman–Crippen LogP) is 2.81. The minimum Gasteiger partial charge on any atom is -0.435 e.